The maximum absolute atomic E-state index is 13.1. The van der Waals surface area contributed by atoms with Crippen LogP contribution in [0.25, 0.3) is 0 Å². The molecule has 0 unspecified atom stereocenters. The summed E-state index contributed by atoms with van der Waals surface area (Å²) >= 11 is 6.36. The van der Waals surface area contributed by atoms with Gasteiger partial charge in [0, 0.05) is 36.6 Å². The predicted molar refractivity (Wildman–Crippen MR) is 111 cm³/mol. The molecule has 1 atom stereocenters. The molecule has 29 heavy (non-hydrogen) atoms. The maximum atomic E-state index is 13.1. The van der Waals surface area contributed by atoms with Gasteiger partial charge in [-0.1, -0.05) is 11.6 Å². The first-order valence-corrected chi connectivity index (χ1v) is 10.7. The smallest absolute Gasteiger partial charge is 0.257 e. The molecule has 2 aromatic rings. The highest BCUT2D eigenvalue weighted by molar-refractivity contribution is 6.32. The minimum absolute atomic E-state index is 0.0223. The summed E-state index contributed by atoms with van der Waals surface area (Å²) in [6, 6.07) is 8.03. The van der Waals surface area contributed by atoms with Crippen LogP contribution in [-0.4, -0.2) is 48.1 Å². The Hall–Kier alpha value is -2.47. The molecule has 1 amide bonds. The molecular formula is C22H24ClN3O3. The molecule has 1 aromatic carbocycles. The number of ether oxygens (including phenoxy) is 2. The van der Waals surface area contributed by atoms with Gasteiger partial charge in [0.15, 0.2) is 11.5 Å². The van der Waals surface area contributed by atoms with Crippen LogP contribution >= 0.6 is 11.6 Å². The second-order valence-electron chi connectivity index (χ2n) is 7.88. The monoisotopic (exact) mass is 413 g/mol. The van der Waals surface area contributed by atoms with Crippen molar-refractivity contribution in [1.29, 1.82) is 0 Å². The molecule has 6 nitrogen and oxygen atoms in total. The average molecular weight is 414 g/mol. The van der Waals surface area contributed by atoms with Crippen LogP contribution < -0.4 is 14.8 Å². The van der Waals surface area contributed by atoms with Crippen LogP contribution in [0.1, 0.15) is 40.9 Å². The topological polar surface area (TPSA) is 63.7 Å². The lowest BCUT2D eigenvalue weighted by atomic mass is 10.0. The van der Waals surface area contributed by atoms with E-state index in [2.05, 4.69) is 10.3 Å². The van der Waals surface area contributed by atoms with Crippen molar-refractivity contribution >= 4 is 23.2 Å². The largest absolute Gasteiger partial charge is 0.486 e. The Morgan fingerprint density at radius 3 is 2.90 bits per heavy atom. The third kappa shape index (κ3) is 3.73. The normalized spacial score (nSPS) is 20.3. The van der Waals surface area contributed by atoms with Crippen LogP contribution in [0.15, 0.2) is 24.3 Å². The number of carbonyl (C=O) groups excluding carboxylic acids is 1. The number of hydrogen-bond acceptors (Lipinski definition) is 5. The molecule has 1 saturated heterocycles. The maximum Gasteiger partial charge on any atom is 0.257 e. The Bertz CT molecular complexity index is 949. The number of piperidine rings is 1. The van der Waals surface area contributed by atoms with Crippen LogP contribution in [-0.2, 0) is 12.8 Å². The lowest BCUT2D eigenvalue weighted by Gasteiger charge is -2.34. The number of nitrogens with zero attached hydrogens (tertiary/aromatic N) is 2. The lowest BCUT2D eigenvalue weighted by molar-refractivity contribution is 0.0714. The Labute approximate surface area is 175 Å². The molecule has 5 rings (SSSR count). The van der Waals surface area contributed by atoms with E-state index < -0.39 is 0 Å². The second-order valence-corrected chi connectivity index (χ2v) is 8.24. The summed E-state index contributed by atoms with van der Waals surface area (Å²) < 4.78 is 11.3. The van der Waals surface area contributed by atoms with Crippen molar-refractivity contribution in [3.05, 3.63) is 46.2 Å². The van der Waals surface area contributed by atoms with E-state index in [4.69, 9.17) is 21.1 Å². The molecular weight excluding hydrogens is 390 g/mol. The predicted octanol–water partition coefficient (Wildman–Crippen LogP) is 3.71. The Morgan fingerprint density at radius 2 is 2.00 bits per heavy atom. The van der Waals surface area contributed by atoms with Gasteiger partial charge in [-0.05, 0) is 55.9 Å². The summed E-state index contributed by atoms with van der Waals surface area (Å²) in [5.41, 5.74) is 3.72. The van der Waals surface area contributed by atoms with Gasteiger partial charge in [-0.25, -0.2) is 4.98 Å². The van der Waals surface area contributed by atoms with Gasteiger partial charge >= 0.3 is 0 Å². The van der Waals surface area contributed by atoms with Crippen LogP contribution in [0, 0.1) is 0 Å². The SMILES string of the molecule is O=C(c1cc2c(nc1Cl)CCC2)N1CCC[C@H](Nc2ccc3c(c2)OCCO3)C1. The summed E-state index contributed by atoms with van der Waals surface area (Å²) in [4.78, 5) is 19.5. The molecule has 3 heterocycles. The van der Waals surface area contributed by atoms with Gasteiger partial charge in [-0.15, -0.1) is 0 Å². The highest BCUT2D eigenvalue weighted by Crippen LogP contribution is 2.33. The summed E-state index contributed by atoms with van der Waals surface area (Å²) in [5.74, 6) is 1.52. The zero-order valence-corrected chi connectivity index (χ0v) is 17.0. The number of pyridine rings is 1. The Kier molecular flexibility index (Phi) is 4.96. The van der Waals surface area contributed by atoms with Gasteiger partial charge in [0.1, 0.15) is 18.4 Å². The van der Waals surface area contributed by atoms with Crippen LogP contribution in [0.5, 0.6) is 11.5 Å². The molecule has 0 bridgehead atoms. The van der Waals surface area contributed by atoms with Crippen LogP contribution in [0.4, 0.5) is 5.69 Å². The van der Waals surface area contributed by atoms with E-state index in [0.717, 1.165) is 61.5 Å². The molecule has 7 heteroatoms. The molecule has 0 radical (unpaired) electrons. The highest BCUT2D eigenvalue weighted by atomic mass is 35.5. The summed E-state index contributed by atoms with van der Waals surface area (Å²) in [6.45, 7) is 2.53. The minimum atomic E-state index is -0.0223. The molecule has 1 aliphatic carbocycles. The lowest BCUT2D eigenvalue weighted by Crippen LogP contribution is -2.45. The average Bonchev–Trinajstić information content (AvgIpc) is 3.20. The molecule has 1 N–H and O–H groups in total. The number of halogens is 1. The Balaban J connectivity index is 1.29. The number of fused-ring (bicyclic) bond motifs is 2. The second kappa shape index (κ2) is 7.75. The van der Waals surface area contributed by atoms with Gasteiger partial charge in [0.25, 0.3) is 5.91 Å². The van der Waals surface area contributed by atoms with Gasteiger partial charge in [0.2, 0.25) is 0 Å². The number of likely N-dealkylation sites (tertiary alicyclic amines) is 1. The van der Waals surface area contributed by atoms with E-state index in [0.29, 0.717) is 30.5 Å². The molecule has 1 aromatic heterocycles. The third-order valence-electron chi connectivity index (χ3n) is 5.86. The molecule has 0 spiro atoms. The van der Waals surface area contributed by atoms with Crippen molar-refractivity contribution in [2.24, 2.45) is 0 Å². The number of aromatic nitrogens is 1. The van der Waals surface area contributed by atoms with E-state index in [1.807, 2.05) is 29.2 Å². The zero-order chi connectivity index (χ0) is 19.8. The van der Waals surface area contributed by atoms with E-state index >= 15 is 0 Å². The van der Waals surface area contributed by atoms with Crippen molar-refractivity contribution < 1.29 is 14.3 Å². The van der Waals surface area contributed by atoms with E-state index in [1.54, 1.807) is 0 Å². The number of amides is 1. The molecule has 152 valence electrons. The fraction of sp³-hybridized carbons (Fsp3) is 0.455. The number of aryl methyl sites for hydroxylation is 2. The fourth-order valence-corrected chi connectivity index (χ4v) is 4.65. The Morgan fingerprint density at radius 1 is 1.14 bits per heavy atom. The number of benzene rings is 1. The van der Waals surface area contributed by atoms with Gasteiger partial charge < -0.3 is 19.7 Å². The number of hydrogen-bond donors (Lipinski definition) is 1. The number of nitrogens with one attached hydrogen (secondary N) is 1. The quantitative estimate of drug-likeness (QED) is 0.777. The number of anilines is 1. The third-order valence-corrected chi connectivity index (χ3v) is 6.14. The molecule has 2 aliphatic heterocycles. The first-order valence-electron chi connectivity index (χ1n) is 10.3. The van der Waals surface area contributed by atoms with Gasteiger partial charge in [0.05, 0.1) is 5.56 Å². The van der Waals surface area contributed by atoms with Crippen LogP contribution in [0.2, 0.25) is 5.15 Å². The first-order chi connectivity index (χ1) is 14.2. The summed E-state index contributed by atoms with van der Waals surface area (Å²) in [5, 5.41) is 3.88. The van der Waals surface area contributed by atoms with E-state index in [-0.39, 0.29) is 11.9 Å². The summed E-state index contributed by atoms with van der Waals surface area (Å²) in [6.07, 6.45) is 4.97. The fourth-order valence-electron chi connectivity index (χ4n) is 4.42. The standard InChI is InChI=1S/C22H24ClN3O3/c23-21-17(11-14-3-1-5-18(14)25-21)22(27)26-8-2-4-16(13-26)24-15-6-7-19-20(12-15)29-10-9-28-19/h6-7,11-12,16,24H,1-5,8-10,13H2/t16-/m0/s1. The first kappa shape index (κ1) is 18.6. The molecule has 0 saturated carbocycles. The molecule has 1 fully saturated rings. The van der Waals surface area contributed by atoms with Crippen molar-refractivity contribution in [3.63, 3.8) is 0 Å². The van der Waals surface area contributed by atoms with E-state index in [9.17, 15) is 4.79 Å². The van der Waals surface area contributed by atoms with Crippen molar-refractivity contribution in [1.82, 2.24) is 9.88 Å². The minimum Gasteiger partial charge on any atom is -0.486 e. The van der Waals surface area contributed by atoms with Gasteiger partial charge in [-0.3, -0.25) is 4.79 Å². The van der Waals surface area contributed by atoms with Crippen LogP contribution in [0.3, 0.4) is 0 Å². The van der Waals surface area contributed by atoms with Crippen molar-refractivity contribution in [2.75, 3.05) is 31.6 Å². The number of rotatable bonds is 3. The van der Waals surface area contributed by atoms with E-state index in [1.165, 1.54) is 5.56 Å². The van der Waals surface area contributed by atoms with Crippen molar-refractivity contribution in [2.45, 2.75) is 38.1 Å². The highest BCUT2D eigenvalue weighted by Gasteiger charge is 2.28. The summed E-state index contributed by atoms with van der Waals surface area (Å²) in [7, 11) is 0. The number of carbonyl (C=O) groups is 1. The molecule has 3 aliphatic rings. The van der Waals surface area contributed by atoms with Crippen molar-refractivity contribution in [3.8, 4) is 11.5 Å². The van der Waals surface area contributed by atoms with Gasteiger partial charge in [-0.2, -0.15) is 0 Å². The zero-order valence-electron chi connectivity index (χ0n) is 16.2.